The molecule has 1 heterocycles. The van der Waals surface area contributed by atoms with Crippen LogP contribution in [-0.2, 0) is 21.4 Å². The molecule has 7 heteroatoms. The topological polar surface area (TPSA) is 66.5 Å². The highest BCUT2D eigenvalue weighted by Crippen LogP contribution is 2.26. The number of sulfonamides is 1. The van der Waals surface area contributed by atoms with Crippen LogP contribution in [0.2, 0.25) is 0 Å². The highest BCUT2D eigenvalue weighted by Gasteiger charge is 2.37. The molecule has 1 atom stereocenters. The highest BCUT2D eigenvalue weighted by molar-refractivity contribution is 9.10. The standard InChI is InChI=1S/C20H23BrN2O3S/c1-15-6-2-3-7-16(15)14-22-20(24)19-8-4-5-13-23(19)27(25,26)18-11-9-17(21)10-12-18/h2-3,6-7,9-12,19H,4-5,8,13-14H2,1H3,(H,22,24)/t19-/m1/s1. The second-order valence-corrected chi connectivity index (χ2v) is 9.53. The van der Waals surface area contributed by atoms with E-state index < -0.39 is 16.1 Å². The number of piperidine rings is 1. The number of carbonyl (C=O) groups is 1. The third kappa shape index (κ3) is 4.59. The van der Waals surface area contributed by atoms with Gasteiger partial charge in [-0.1, -0.05) is 46.6 Å². The Hall–Kier alpha value is -1.70. The van der Waals surface area contributed by atoms with Gasteiger partial charge < -0.3 is 5.32 Å². The van der Waals surface area contributed by atoms with Gasteiger partial charge in [0.2, 0.25) is 15.9 Å². The summed E-state index contributed by atoms with van der Waals surface area (Å²) in [6.07, 6.45) is 2.14. The first-order valence-electron chi connectivity index (χ1n) is 8.99. The Morgan fingerprint density at radius 2 is 1.85 bits per heavy atom. The molecule has 0 unspecified atom stereocenters. The van der Waals surface area contributed by atoms with Gasteiger partial charge in [0, 0.05) is 17.6 Å². The van der Waals surface area contributed by atoms with E-state index in [4.69, 9.17) is 0 Å². The lowest BCUT2D eigenvalue weighted by Crippen LogP contribution is -2.51. The summed E-state index contributed by atoms with van der Waals surface area (Å²) < 4.78 is 28.3. The minimum Gasteiger partial charge on any atom is -0.351 e. The summed E-state index contributed by atoms with van der Waals surface area (Å²) in [5.74, 6) is -0.237. The van der Waals surface area contributed by atoms with Gasteiger partial charge in [0.15, 0.2) is 0 Å². The lowest BCUT2D eigenvalue weighted by atomic mass is 10.0. The molecule has 1 fully saturated rings. The van der Waals surface area contributed by atoms with Gasteiger partial charge in [0.05, 0.1) is 4.90 Å². The second-order valence-electron chi connectivity index (χ2n) is 6.73. The van der Waals surface area contributed by atoms with E-state index >= 15 is 0 Å². The van der Waals surface area contributed by atoms with E-state index in [9.17, 15) is 13.2 Å². The fraction of sp³-hybridized carbons (Fsp3) is 0.350. The number of nitrogens with one attached hydrogen (secondary N) is 1. The molecule has 0 saturated carbocycles. The minimum atomic E-state index is -3.71. The molecule has 0 bridgehead atoms. The van der Waals surface area contributed by atoms with Crippen molar-refractivity contribution in [2.75, 3.05) is 6.54 Å². The van der Waals surface area contributed by atoms with Crippen molar-refractivity contribution in [1.82, 2.24) is 9.62 Å². The van der Waals surface area contributed by atoms with Gasteiger partial charge in [0.25, 0.3) is 0 Å². The molecule has 1 amide bonds. The largest absolute Gasteiger partial charge is 0.351 e. The molecule has 27 heavy (non-hydrogen) atoms. The normalized spacial score (nSPS) is 18.2. The fourth-order valence-corrected chi connectivity index (χ4v) is 5.23. The second kappa shape index (κ2) is 8.54. The van der Waals surface area contributed by atoms with Crippen molar-refractivity contribution in [2.45, 2.75) is 43.7 Å². The van der Waals surface area contributed by atoms with Crippen LogP contribution in [-0.4, -0.2) is 31.2 Å². The number of halogens is 1. The fourth-order valence-electron chi connectivity index (χ4n) is 3.31. The number of nitrogens with zero attached hydrogens (tertiary/aromatic N) is 1. The Morgan fingerprint density at radius 3 is 2.56 bits per heavy atom. The van der Waals surface area contributed by atoms with Crippen molar-refractivity contribution in [2.24, 2.45) is 0 Å². The van der Waals surface area contributed by atoms with E-state index in [1.54, 1.807) is 24.3 Å². The van der Waals surface area contributed by atoms with Gasteiger partial charge in [-0.2, -0.15) is 4.31 Å². The van der Waals surface area contributed by atoms with Crippen LogP contribution < -0.4 is 5.32 Å². The van der Waals surface area contributed by atoms with Gasteiger partial charge in [0.1, 0.15) is 6.04 Å². The van der Waals surface area contributed by atoms with Crippen LogP contribution in [0.4, 0.5) is 0 Å². The summed E-state index contributed by atoms with van der Waals surface area (Å²) in [6, 6.07) is 13.7. The Labute approximate surface area is 169 Å². The average Bonchev–Trinajstić information content (AvgIpc) is 2.67. The molecule has 1 N–H and O–H groups in total. The quantitative estimate of drug-likeness (QED) is 0.756. The first-order valence-corrected chi connectivity index (χ1v) is 11.2. The van der Waals surface area contributed by atoms with Crippen molar-refractivity contribution in [3.05, 3.63) is 64.1 Å². The number of aryl methyl sites for hydroxylation is 1. The lowest BCUT2D eigenvalue weighted by Gasteiger charge is -2.33. The first kappa shape index (κ1) is 20.0. The molecule has 0 spiro atoms. The van der Waals surface area contributed by atoms with Crippen LogP contribution in [0.15, 0.2) is 57.9 Å². The molecule has 2 aromatic carbocycles. The molecule has 0 aromatic heterocycles. The molecule has 3 rings (SSSR count). The monoisotopic (exact) mass is 450 g/mol. The van der Waals surface area contributed by atoms with Gasteiger partial charge in [-0.25, -0.2) is 8.42 Å². The first-order chi connectivity index (χ1) is 12.9. The molecular formula is C20H23BrN2O3S. The molecule has 1 aliphatic heterocycles. The molecule has 0 aliphatic carbocycles. The van der Waals surface area contributed by atoms with Crippen LogP contribution in [0.25, 0.3) is 0 Å². The molecule has 0 radical (unpaired) electrons. The number of carbonyl (C=O) groups excluding carboxylic acids is 1. The number of hydrogen-bond acceptors (Lipinski definition) is 3. The Morgan fingerprint density at radius 1 is 1.15 bits per heavy atom. The van der Waals surface area contributed by atoms with Crippen LogP contribution in [0, 0.1) is 6.92 Å². The van der Waals surface area contributed by atoms with E-state index in [-0.39, 0.29) is 10.8 Å². The zero-order valence-electron chi connectivity index (χ0n) is 15.2. The lowest BCUT2D eigenvalue weighted by molar-refractivity contribution is -0.125. The zero-order chi connectivity index (χ0) is 19.4. The summed E-state index contributed by atoms with van der Waals surface area (Å²) in [5.41, 5.74) is 2.13. The smallest absolute Gasteiger partial charge is 0.243 e. The van der Waals surface area contributed by atoms with Crippen LogP contribution in [0.3, 0.4) is 0 Å². The van der Waals surface area contributed by atoms with Gasteiger partial charge in [-0.15, -0.1) is 0 Å². The van der Waals surface area contributed by atoms with Gasteiger partial charge in [-0.3, -0.25) is 4.79 Å². The number of benzene rings is 2. The van der Waals surface area contributed by atoms with Crippen LogP contribution >= 0.6 is 15.9 Å². The van der Waals surface area contributed by atoms with Crippen molar-refractivity contribution in [3.63, 3.8) is 0 Å². The summed E-state index contributed by atoms with van der Waals surface area (Å²) >= 11 is 3.32. The summed E-state index contributed by atoms with van der Waals surface area (Å²) in [6.45, 7) is 2.75. The maximum absolute atomic E-state index is 13.1. The van der Waals surface area contributed by atoms with Crippen LogP contribution in [0.1, 0.15) is 30.4 Å². The predicted molar refractivity (Wildman–Crippen MR) is 109 cm³/mol. The molecule has 144 valence electrons. The molecule has 1 saturated heterocycles. The SMILES string of the molecule is Cc1ccccc1CNC(=O)[C@H]1CCCCN1S(=O)(=O)c1ccc(Br)cc1. The summed E-state index contributed by atoms with van der Waals surface area (Å²) in [7, 11) is -3.71. The van der Waals surface area contributed by atoms with E-state index in [0.717, 1.165) is 28.4 Å². The van der Waals surface area contributed by atoms with E-state index in [2.05, 4.69) is 21.2 Å². The highest BCUT2D eigenvalue weighted by atomic mass is 79.9. The van der Waals surface area contributed by atoms with Crippen molar-refractivity contribution < 1.29 is 13.2 Å². The number of hydrogen-bond donors (Lipinski definition) is 1. The predicted octanol–water partition coefficient (Wildman–Crippen LogP) is 3.62. The molecule has 2 aromatic rings. The average molecular weight is 451 g/mol. The Balaban J connectivity index is 1.77. The summed E-state index contributed by atoms with van der Waals surface area (Å²) in [5, 5.41) is 2.92. The number of rotatable bonds is 5. The summed E-state index contributed by atoms with van der Waals surface area (Å²) in [4.78, 5) is 13.0. The van der Waals surface area contributed by atoms with Crippen molar-refractivity contribution in [1.29, 1.82) is 0 Å². The Kier molecular flexibility index (Phi) is 6.34. The van der Waals surface area contributed by atoms with Crippen LogP contribution in [0.5, 0.6) is 0 Å². The van der Waals surface area contributed by atoms with E-state index in [1.807, 2.05) is 31.2 Å². The van der Waals surface area contributed by atoms with E-state index in [0.29, 0.717) is 19.5 Å². The minimum absolute atomic E-state index is 0.212. The number of amides is 1. The van der Waals surface area contributed by atoms with Crippen molar-refractivity contribution in [3.8, 4) is 0 Å². The maximum Gasteiger partial charge on any atom is 0.243 e. The molecule has 1 aliphatic rings. The van der Waals surface area contributed by atoms with Gasteiger partial charge in [-0.05, 0) is 55.2 Å². The molecule has 5 nitrogen and oxygen atoms in total. The Bertz CT molecular complexity index is 913. The third-order valence-electron chi connectivity index (χ3n) is 4.89. The zero-order valence-corrected chi connectivity index (χ0v) is 17.6. The molecular weight excluding hydrogens is 428 g/mol. The van der Waals surface area contributed by atoms with Crippen molar-refractivity contribution >= 4 is 31.9 Å². The third-order valence-corrected chi connectivity index (χ3v) is 7.34. The maximum atomic E-state index is 13.1. The van der Waals surface area contributed by atoms with Gasteiger partial charge >= 0.3 is 0 Å². The van der Waals surface area contributed by atoms with E-state index in [1.165, 1.54) is 4.31 Å².